The fourth-order valence-corrected chi connectivity index (χ4v) is 3.29. The van der Waals surface area contributed by atoms with Gasteiger partial charge in [0.15, 0.2) is 5.11 Å². The number of hydrazine groups is 1. The summed E-state index contributed by atoms with van der Waals surface area (Å²) in [5.41, 5.74) is 6.87. The smallest absolute Gasteiger partial charge is 0.269 e. The monoisotopic (exact) mass is 491 g/mol. The van der Waals surface area contributed by atoms with E-state index in [0.717, 1.165) is 18.4 Å². The molecule has 6 nitrogen and oxygen atoms in total. The summed E-state index contributed by atoms with van der Waals surface area (Å²) in [5.74, 6) is -0.0554. The maximum absolute atomic E-state index is 12.4. The summed E-state index contributed by atoms with van der Waals surface area (Å²) in [6.45, 7) is 4.70. The van der Waals surface area contributed by atoms with Crippen LogP contribution in [0.3, 0.4) is 0 Å². The molecule has 0 bridgehead atoms. The summed E-state index contributed by atoms with van der Waals surface area (Å²) in [6.07, 6.45) is 4.51. The van der Waals surface area contributed by atoms with Gasteiger partial charge in [0.05, 0.1) is 11.1 Å². The van der Waals surface area contributed by atoms with Gasteiger partial charge in [-0.25, -0.2) is 0 Å². The summed E-state index contributed by atoms with van der Waals surface area (Å²) in [4.78, 5) is 24.5. The molecule has 8 heteroatoms. The van der Waals surface area contributed by atoms with Gasteiger partial charge in [-0.05, 0) is 71.8 Å². The summed E-state index contributed by atoms with van der Waals surface area (Å²) in [5, 5.41) is 2.53. The molecule has 0 aromatic heterocycles. The van der Waals surface area contributed by atoms with Crippen molar-refractivity contribution in [1.82, 2.24) is 16.2 Å². The Balaban J connectivity index is 1.82. The van der Waals surface area contributed by atoms with Crippen LogP contribution in [0.15, 0.2) is 46.9 Å². The zero-order valence-electron chi connectivity index (χ0n) is 17.1. The zero-order chi connectivity index (χ0) is 21.9. The predicted octanol–water partition coefficient (Wildman–Crippen LogP) is 4.67. The highest BCUT2D eigenvalue weighted by Crippen LogP contribution is 2.26. The highest BCUT2D eigenvalue weighted by molar-refractivity contribution is 9.10. The third-order valence-corrected chi connectivity index (χ3v) is 5.07. The second kappa shape index (κ2) is 12.3. The third-order valence-electron chi connectivity index (χ3n) is 4.25. The van der Waals surface area contributed by atoms with Gasteiger partial charge in [-0.2, -0.15) is 0 Å². The Hall–Kier alpha value is -2.45. The number of carbonyl (C=O) groups excluding carboxylic acids is 2. The second-order valence-corrected chi connectivity index (χ2v) is 8.05. The lowest BCUT2D eigenvalue weighted by Crippen LogP contribution is -2.48. The lowest BCUT2D eigenvalue weighted by atomic mass is 10.1. The van der Waals surface area contributed by atoms with Crippen LogP contribution in [0.1, 0.15) is 58.9 Å². The molecule has 0 radical (unpaired) electrons. The van der Waals surface area contributed by atoms with Gasteiger partial charge in [0.2, 0.25) is 0 Å². The number of thiocarbonyl (C=S) groups is 1. The van der Waals surface area contributed by atoms with Gasteiger partial charge in [-0.15, -0.1) is 0 Å². The largest absolute Gasteiger partial charge is 0.492 e. The molecule has 2 amide bonds. The van der Waals surface area contributed by atoms with E-state index in [1.54, 1.807) is 36.4 Å². The fourth-order valence-electron chi connectivity index (χ4n) is 2.65. The highest BCUT2D eigenvalue weighted by atomic mass is 79.9. The summed E-state index contributed by atoms with van der Waals surface area (Å²) in [7, 11) is 0. The Kier molecular flexibility index (Phi) is 9.76. The van der Waals surface area contributed by atoms with Crippen LogP contribution in [-0.2, 0) is 0 Å². The minimum absolute atomic E-state index is 0.00613. The molecule has 0 aliphatic heterocycles. The van der Waals surface area contributed by atoms with Crippen LogP contribution in [0.2, 0.25) is 0 Å². The molecular formula is C22H26BrN3O3S. The first-order valence-electron chi connectivity index (χ1n) is 9.81. The molecule has 0 aliphatic rings. The van der Waals surface area contributed by atoms with Gasteiger partial charge in [0.25, 0.3) is 11.8 Å². The second-order valence-electron chi connectivity index (χ2n) is 6.79. The van der Waals surface area contributed by atoms with Gasteiger partial charge in [-0.1, -0.05) is 43.9 Å². The molecule has 0 aliphatic carbocycles. The van der Waals surface area contributed by atoms with Crippen LogP contribution < -0.4 is 20.9 Å². The van der Waals surface area contributed by atoms with Gasteiger partial charge < -0.3 is 4.74 Å². The number of ether oxygens (including phenoxy) is 1. The van der Waals surface area contributed by atoms with E-state index in [2.05, 4.69) is 39.0 Å². The van der Waals surface area contributed by atoms with Crippen molar-refractivity contribution in [2.75, 3.05) is 6.61 Å². The Morgan fingerprint density at radius 1 is 1.00 bits per heavy atom. The van der Waals surface area contributed by atoms with E-state index in [4.69, 9.17) is 17.0 Å². The predicted molar refractivity (Wildman–Crippen MR) is 126 cm³/mol. The minimum atomic E-state index is -0.396. The topological polar surface area (TPSA) is 79.5 Å². The molecule has 2 aromatic carbocycles. The van der Waals surface area contributed by atoms with E-state index in [-0.39, 0.29) is 11.0 Å². The first kappa shape index (κ1) is 23.8. The maximum Gasteiger partial charge on any atom is 0.269 e. The number of carbonyl (C=O) groups is 2. The summed E-state index contributed by atoms with van der Waals surface area (Å²) >= 11 is 8.52. The molecule has 2 rings (SSSR count). The lowest BCUT2D eigenvalue weighted by molar-refractivity contribution is 0.0934. The van der Waals surface area contributed by atoms with E-state index < -0.39 is 5.91 Å². The Bertz CT molecular complexity index is 905. The van der Waals surface area contributed by atoms with Gasteiger partial charge >= 0.3 is 0 Å². The van der Waals surface area contributed by atoms with Crippen LogP contribution in [0, 0.1) is 6.92 Å². The molecule has 2 aromatic rings. The Morgan fingerprint density at radius 2 is 1.77 bits per heavy atom. The van der Waals surface area contributed by atoms with Gasteiger partial charge in [0, 0.05) is 11.1 Å². The van der Waals surface area contributed by atoms with Gasteiger partial charge in [0.1, 0.15) is 5.75 Å². The van der Waals surface area contributed by atoms with Crippen molar-refractivity contribution in [2.45, 2.75) is 39.5 Å². The normalized spacial score (nSPS) is 10.2. The molecule has 0 unspecified atom stereocenters. The SMILES string of the molecule is CCCCCCOc1ccc(C(=O)NC(=S)NNC(=O)c2cccc(C)c2)cc1Br. The van der Waals surface area contributed by atoms with E-state index in [1.165, 1.54) is 12.8 Å². The lowest BCUT2D eigenvalue weighted by Gasteiger charge is -2.12. The summed E-state index contributed by atoms with van der Waals surface area (Å²) in [6, 6.07) is 12.2. The van der Waals surface area contributed by atoms with Crippen LogP contribution >= 0.6 is 28.1 Å². The van der Waals surface area contributed by atoms with Gasteiger partial charge in [-0.3, -0.25) is 25.8 Å². The first-order chi connectivity index (χ1) is 14.4. The van der Waals surface area contributed by atoms with E-state index in [1.807, 2.05) is 13.0 Å². The van der Waals surface area contributed by atoms with Crippen molar-refractivity contribution < 1.29 is 14.3 Å². The van der Waals surface area contributed by atoms with Crippen molar-refractivity contribution in [1.29, 1.82) is 0 Å². The number of aryl methyl sites for hydroxylation is 1. The van der Waals surface area contributed by atoms with E-state index in [0.29, 0.717) is 28.0 Å². The molecule has 0 saturated carbocycles. The standard InChI is InChI=1S/C22H26BrN3O3S/c1-3-4-5-6-12-29-19-11-10-17(14-18(19)23)20(27)24-22(30)26-25-21(28)16-9-7-8-15(2)13-16/h7-11,13-14H,3-6,12H2,1-2H3,(H,25,28)(H2,24,26,27,30). The number of hydrogen-bond donors (Lipinski definition) is 3. The molecule has 0 fully saturated rings. The minimum Gasteiger partial charge on any atom is -0.492 e. The molecular weight excluding hydrogens is 466 g/mol. The van der Waals surface area contributed by atoms with Crippen molar-refractivity contribution in [3.05, 3.63) is 63.6 Å². The number of unbranched alkanes of at least 4 members (excludes halogenated alkanes) is 3. The highest BCUT2D eigenvalue weighted by Gasteiger charge is 2.12. The Labute approximate surface area is 190 Å². The van der Waals surface area contributed by atoms with Crippen LogP contribution in [0.25, 0.3) is 0 Å². The fraction of sp³-hybridized carbons (Fsp3) is 0.318. The van der Waals surface area contributed by atoms with Crippen molar-refractivity contribution in [3.63, 3.8) is 0 Å². The van der Waals surface area contributed by atoms with Crippen LogP contribution in [0.4, 0.5) is 0 Å². The maximum atomic E-state index is 12.4. The number of benzene rings is 2. The molecule has 0 spiro atoms. The van der Waals surface area contributed by atoms with Crippen molar-refractivity contribution in [3.8, 4) is 5.75 Å². The third kappa shape index (κ3) is 7.76. The quantitative estimate of drug-likeness (QED) is 0.284. The van der Waals surface area contributed by atoms with E-state index >= 15 is 0 Å². The molecule has 0 heterocycles. The zero-order valence-corrected chi connectivity index (χ0v) is 19.5. The number of halogens is 1. The van der Waals surface area contributed by atoms with Crippen LogP contribution in [0.5, 0.6) is 5.75 Å². The molecule has 30 heavy (non-hydrogen) atoms. The van der Waals surface area contributed by atoms with Crippen LogP contribution in [-0.4, -0.2) is 23.5 Å². The van der Waals surface area contributed by atoms with Crippen molar-refractivity contribution in [2.24, 2.45) is 0 Å². The average molecular weight is 492 g/mol. The van der Waals surface area contributed by atoms with Crippen molar-refractivity contribution >= 4 is 45.1 Å². The molecule has 0 atom stereocenters. The average Bonchev–Trinajstić information content (AvgIpc) is 2.72. The molecule has 160 valence electrons. The first-order valence-corrected chi connectivity index (χ1v) is 11.0. The number of hydrogen-bond acceptors (Lipinski definition) is 4. The number of amides is 2. The molecule has 0 saturated heterocycles. The number of nitrogens with one attached hydrogen (secondary N) is 3. The van der Waals surface area contributed by atoms with E-state index in [9.17, 15) is 9.59 Å². The molecule has 3 N–H and O–H groups in total. The Morgan fingerprint density at radius 3 is 2.47 bits per heavy atom. The number of rotatable bonds is 8. The summed E-state index contributed by atoms with van der Waals surface area (Å²) < 4.78 is 6.44.